The van der Waals surface area contributed by atoms with Crippen molar-refractivity contribution in [2.45, 2.75) is 6.92 Å². The van der Waals surface area contributed by atoms with Gasteiger partial charge in [0.05, 0.1) is 33.4 Å². The lowest BCUT2D eigenvalue weighted by Crippen LogP contribution is -2.43. The fourth-order valence-electron chi connectivity index (χ4n) is 2.94. The molecular formula is C20H22Cl2FN5O2. The Bertz CT molecular complexity index is 890. The summed E-state index contributed by atoms with van der Waals surface area (Å²) in [6.45, 7) is 0.711. The van der Waals surface area contributed by atoms with Gasteiger partial charge >= 0.3 is 0 Å². The molecule has 0 spiro atoms. The number of ketones is 1. The van der Waals surface area contributed by atoms with E-state index in [-0.39, 0.29) is 51.8 Å². The lowest BCUT2D eigenvalue weighted by molar-refractivity contribution is -0.126. The number of carbonyl (C=O) groups is 2. The van der Waals surface area contributed by atoms with Gasteiger partial charge in [-0.05, 0) is 12.1 Å². The molecule has 2 N–H and O–H groups in total. The minimum atomic E-state index is -0.959. The third-order valence-electron chi connectivity index (χ3n) is 4.73. The number of hydrogen-bond donors (Lipinski definition) is 2. The number of nitrogens with one attached hydrogen (secondary N) is 2. The number of amides is 1. The molecular weight excluding hydrogens is 432 g/mol. The Labute approximate surface area is 184 Å². The number of nitrogens with zero attached hydrogens (tertiary/aromatic N) is 3. The van der Waals surface area contributed by atoms with Gasteiger partial charge in [0.2, 0.25) is 0 Å². The summed E-state index contributed by atoms with van der Waals surface area (Å²) >= 11 is 12.3. The lowest BCUT2D eigenvalue weighted by Gasteiger charge is -2.29. The molecule has 2 unspecified atom stereocenters. The summed E-state index contributed by atoms with van der Waals surface area (Å²) in [7, 11) is 1.46. The first-order chi connectivity index (χ1) is 14.3. The first-order valence-corrected chi connectivity index (χ1v) is 9.90. The Hall–Kier alpha value is -2.58. The molecule has 0 aromatic heterocycles. The molecule has 0 fully saturated rings. The molecule has 0 radical (unpaired) electrons. The van der Waals surface area contributed by atoms with Crippen LogP contribution in [0.2, 0.25) is 10.0 Å². The van der Waals surface area contributed by atoms with Crippen molar-refractivity contribution in [1.29, 1.82) is 5.41 Å². The average Bonchev–Trinajstić information content (AvgIpc) is 2.72. The minimum Gasteiger partial charge on any atom is -0.389 e. The van der Waals surface area contributed by atoms with Crippen LogP contribution in [-0.4, -0.2) is 62.0 Å². The van der Waals surface area contributed by atoms with Gasteiger partial charge in [-0.1, -0.05) is 36.2 Å². The highest BCUT2D eigenvalue weighted by molar-refractivity contribution is 6.40. The van der Waals surface area contributed by atoms with Gasteiger partial charge in [0.1, 0.15) is 6.67 Å². The van der Waals surface area contributed by atoms with E-state index < -0.39 is 18.4 Å². The molecule has 1 aromatic carbocycles. The molecule has 160 valence electrons. The lowest BCUT2D eigenvalue weighted by atomic mass is 9.94. The van der Waals surface area contributed by atoms with Gasteiger partial charge in [-0.2, -0.15) is 10.2 Å². The Balaban J connectivity index is 2.40. The molecule has 10 heteroatoms. The van der Waals surface area contributed by atoms with Crippen molar-refractivity contribution in [3.8, 4) is 0 Å². The minimum absolute atomic E-state index is 0.0332. The van der Waals surface area contributed by atoms with Crippen molar-refractivity contribution < 1.29 is 14.0 Å². The number of alkyl halides is 1. The zero-order valence-electron chi connectivity index (χ0n) is 16.5. The second kappa shape index (κ2) is 11.0. The summed E-state index contributed by atoms with van der Waals surface area (Å²) in [6.07, 6.45) is 4.02. The van der Waals surface area contributed by atoms with E-state index in [2.05, 4.69) is 15.5 Å². The summed E-state index contributed by atoms with van der Waals surface area (Å²) in [5.74, 6) is -1.37. The number of allylic oxidation sites excluding steroid dienone is 1. The van der Waals surface area contributed by atoms with Crippen molar-refractivity contribution in [2.24, 2.45) is 22.0 Å². The highest BCUT2D eigenvalue weighted by Gasteiger charge is 2.29. The predicted octanol–water partition coefficient (Wildman–Crippen LogP) is 3.42. The smallest absolute Gasteiger partial charge is 0.257 e. The Morgan fingerprint density at radius 3 is 2.43 bits per heavy atom. The number of halogens is 3. The zero-order chi connectivity index (χ0) is 22.3. The van der Waals surface area contributed by atoms with Crippen molar-refractivity contribution in [3.63, 3.8) is 0 Å². The molecule has 0 saturated heterocycles. The van der Waals surface area contributed by atoms with Crippen LogP contribution in [0.25, 0.3) is 0 Å². The number of hydrogen-bond acceptors (Lipinski definition) is 6. The molecule has 1 heterocycles. The van der Waals surface area contributed by atoms with E-state index in [0.29, 0.717) is 0 Å². The van der Waals surface area contributed by atoms with Gasteiger partial charge in [-0.15, -0.1) is 0 Å². The van der Waals surface area contributed by atoms with Crippen LogP contribution in [0.5, 0.6) is 0 Å². The SMILES string of the molecule is CN/C(CF)=C(\C=N)C(=O)N(CC(=O)c1c(Cl)cccc1Cl)CC1C=NN=CC1C. The summed E-state index contributed by atoms with van der Waals surface area (Å²) < 4.78 is 13.3. The van der Waals surface area contributed by atoms with Crippen molar-refractivity contribution in [2.75, 3.05) is 26.8 Å². The van der Waals surface area contributed by atoms with Gasteiger partial charge in [-0.25, -0.2) is 4.39 Å². The van der Waals surface area contributed by atoms with Crippen LogP contribution in [0.3, 0.4) is 0 Å². The monoisotopic (exact) mass is 453 g/mol. The molecule has 2 atom stereocenters. The second-order valence-corrected chi connectivity index (χ2v) is 7.49. The standard InChI is InChI=1S/C20H22Cl2FN5O2/c1-12-8-26-27-9-13(12)10-28(20(30)14(7-24)17(6-23)25-2)11-18(29)19-15(21)4-3-5-16(19)22/h3-5,7-9,12-13,24-25H,6,10-11H2,1-2H3/b17-14+,24-7?. The largest absolute Gasteiger partial charge is 0.389 e. The summed E-state index contributed by atoms with van der Waals surface area (Å²) in [5, 5.41) is 18.2. The molecule has 1 aliphatic rings. The molecule has 0 bridgehead atoms. The number of Topliss-reactive ketones (excluding diaryl/α,β-unsaturated/α-hetero) is 1. The number of rotatable bonds is 9. The van der Waals surface area contributed by atoms with E-state index >= 15 is 0 Å². The number of benzene rings is 1. The third-order valence-corrected chi connectivity index (χ3v) is 5.36. The van der Waals surface area contributed by atoms with Crippen LogP contribution >= 0.6 is 23.2 Å². The quantitative estimate of drug-likeness (QED) is 0.340. The van der Waals surface area contributed by atoms with Crippen LogP contribution in [-0.2, 0) is 4.79 Å². The van der Waals surface area contributed by atoms with Crippen LogP contribution in [0.15, 0.2) is 39.7 Å². The van der Waals surface area contributed by atoms with Crippen molar-refractivity contribution >= 4 is 53.5 Å². The first-order valence-electron chi connectivity index (χ1n) is 9.14. The molecule has 1 aliphatic heterocycles. The van der Waals surface area contributed by atoms with E-state index in [9.17, 15) is 14.0 Å². The first kappa shape index (κ1) is 23.7. The van der Waals surface area contributed by atoms with Gasteiger partial charge in [0.15, 0.2) is 5.78 Å². The van der Waals surface area contributed by atoms with E-state index in [4.69, 9.17) is 28.6 Å². The third kappa shape index (κ3) is 5.52. The van der Waals surface area contributed by atoms with Gasteiger partial charge in [-0.3, -0.25) is 9.59 Å². The van der Waals surface area contributed by atoms with E-state index in [1.807, 2.05) is 6.92 Å². The topological polar surface area (TPSA) is 98.0 Å². The summed E-state index contributed by atoms with van der Waals surface area (Å²) in [6, 6.07) is 4.68. The van der Waals surface area contributed by atoms with E-state index in [1.54, 1.807) is 18.5 Å². The Kier molecular flexibility index (Phi) is 8.68. The molecule has 2 rings (SSSR count). The van der Waals surface area contributed by atoms with Crippen molar-refractivity contribution in [3.05, 3.63) is 45.1 Å². The van der Waals surface area contributed by atoms with E-state index in [0.717, 1.165) is 6.21 Å². The molecule has 0 saturated carbocycles. The van der Waals surface area contributed by atoms with Gasteiger partial charge in [0.25, 0.3) is 5.91 Å². The Morgan fingerprint density at radius 1 is 1.27 bits per heavy atom. The maximum atomic E-state index is 13.3. The van der Waals surface area contributed by atoms with Gasteiger partial charge in [0, 0.05) is 44.1 Å². The zero-order valence-corrected chi connectivity index (χ0v) is 18.0. The van der Waals surface area contributed by atoms with Crippen LogP contribution in [0.1, 0.15) is 17.3 Å². The van der Waals surface area contributed by atoms with Crippen molar-refractivity contribution in [1.82, 2.24) is 10.2 Å². The molecule has 30 heavy (non-hydrogen) atoms. The van der Waals surface area contributed by atoms with Crippen LogP contribution < -0.4 is 5.32 Å². The van der Waals surface area contributed by atoms with E-state index in [1.165, 1.54) is 24.1 Å². The highest BCUT2D eigenvalue weighted by Crippen LogP contribution is 2.25. The maximum absolute atomic E-state index is 13.3. The van der Waals surface area contributed by atoms with Gasteiger partial charge < -0.3 is 15.6 Å². The highest BCUT2D eigenvalue weighted by atomic mass is 35.5. The predicted molar refractivity (Wildman–Crippen MR) is 118 cm³/mol. The fourth-order valence-corrected chi connectivity index (χ4v) is 3.55. The summed E-state index contributed by atoms with van der Waals surface area (Å²) in [5.41, 5.74) is -0.118. The summed E-state index contributed by atoms with van der Waals surface area (Å²) in [4.78, 5) is 27.4. The van der Waals surface area contributed by atoms with Crippen LogP contribution in [0.4, 0.5) is 4.39 Å². The Morgan fingerprint density at radius 2 is 1.90 bits per heavy atom. The average molecular weight is 454 g/mol. The van der Waals surface area contributed by atoms with Crippen LogP contribution in [0, 0.1) is 17.2 Å². The second-order valence-electron chi connectivity index (χ2n) is 6.68. The molecule has 0 aliphatic carbocycles. The molecule has 1 aromatic rings. The molecule has 7 nitrogen and oxygen atoms in total. The molecule has 1 amide bonds. The maximum Gasteiger partial charge on any atom is 0.257 e. The normalized spacial score (nSPS) is 18.6. The number of carbonyl (C=O) groups excluding carboxylic acids is 2. The fraction of sp³-hybridized carbons (Fsp3) is 0.350.